The van der Waals surface area contributed by atoms with Crippen LogP contribution in [0.25, 0.3) is 55.9 Å². The molecule has 3 nitrogen and oxygen atoms in total. The van der Waals surface area contributed by atoms with E-state index in [-0.39, 0.29) is 21.1 Å². The standard InChI is InChI=1S/C52H38N2O.Pt/c1-35-28-39(36-12-4-2-5-13-36)24-25-46(35)47-26-27-49(37-14-6-3-7-15-37)54-51(47)55-50-21-11-20-48(53-50)41-19-10-18-38(29-41)40-22-23-44-33-52(34-45(44)30-40)31-42-16-8-9-17-43(42)32-52;/h2-14,16-18,20-30H,31-34H2,1H3;/q-2;+2. The average molecular weight is 902 g/mol. The molecule has 0 N–H and O–H groups in total. The second-order valence-corrected chi connectivity index (χ2v) is 15.1. The van der Waals surface area contributed by atoms with E-state index in [1.54, 1.807) is 0 Å². The van der Waals surface area contributed by atoms with Gasteiger partial charge >= 0.3 is 21.1 Å². The Morgan fingerprint density at radius 1 is 0.482 bits per heavy atom. The van der Waals surface area contributed by atoms with Crippen molar-refractivity contribution >= 4 is 0 Å². The maximum atomic E-state index is 6.64. The molecule has 2 aliphatic rings. The molecule has 0 saturated carbocycles. The molecule has 10 rings (SSSR count). The van der Waals surface area contributed by atoms with Gasteiger partial charge in [0, 0.05) is 5.56 Å². The molecule has 8 aromatic rings. The SMILES string of the molecule is Cc1cc(-c2ccccc2)ccc1-c1ccc(-c2[c-]cccc2)nc1Oc1cccc(-c2[c-]ccc(-c3ccc4c(c3)CC3(Cc5ccccc5C3)C4)c2)n1.[Pt+2]. The Morgan fingerprint density at radius 3 is 1.93 bits per heavy atom. The average Bonchev–Trinajstić information content (AvgIpc) is 3.79. The number of ether oxygens (including phenoxy) is 1. The predicted molar refractivity (Wildman–Crippen MR) is 222 cm³/mol. The van der Waals surface area contributed by atoms with Gasteiger partial charge in [-0.05, 0) is 106 Å². The Hall–Kier alpha value is -5.89. The largest absolute Gasteiger partial charge is 2.00 e. The number of aryl methyl sites for hydroxylation is 1. The molecule has 2 aromatic heterocycles. The zero-order chi connectivity index (χ0) is 36.8. The van der Waals surface area contributed by atoms with Gasteiger partial charge in [0.1, 0.15) is 0 Å². The van der Waals surface area contributed by atoms with E-state index in [0.29, 0.717) is 17.2 Å². The second-order valence-electron chi connectivity index (χ2n) is 15.1. The second kappa shape index (κ2) is 15.0. The summed E-state index contributed by atoms with van der Waals surface area (Å²) >= 11 is 0. The van der Waals surface area contributed by atoms with Gasteiger partial charge < -0.3 is 4.74 Å². The zero-order valence-electron chi connectivity index (χ0n) is 31.0. The van der Waals surface area contributed by atoms with Gasteiger partial charge in [-0.1, -0.05) is 115 Å². The number of hydrogen-bond donors (Lipinski definition) is 0. The predicted octanol–water partition coefficient (Wildman–Crippen LogP) is 12.4. The minimum Gasteiger partial charge on any atom is -0.422 e. The molecule has 4 heteroatoms. The van der Waals surface area contributed by atoms with Crippen LogP contribution >= 0.6 is 0 Å². The van der Waals surface area contributed by atoms with Gasteiger partial charge in [-0.3, -0.25) is 9.97 Å². The molecule has 0 bridgehead atoms. The number of rotatable bonds is 7. The number of hydrogen-bond acceptors (Lipinski definition) is 3. The third-order valence-corrected chi connectivity index (χ3v) is 11.4. The molecule has 1 spiro atoms. The Labute approximate surface area is 343 Å². The van der Waals surface area contributed by atoms with Gasteiger partial charge in [0.15, 0.2) is 0 Å². The van der Waals surface area contributed by atoms with Crippen LogP contribution in [0.1, 0.15) is 27.8 Å². The topological polar surface area (TPSA) is 35.0 Å². The van der Waals surface area contributed by atoms with Crippen LogP contribution in [-0.4, -0.2) is 9.97 Å². The van der Waals surface area contributed by atoms with Crippen LogP contribution < -0.4 is 4.74 Å². The van der Waals surface area contributed by atoms with E-state index < -0.39 is 0 Å². The van der Waals surface area contributed by atoms with Crippen molar-refractivity contribution in [3.63, 3.8) is 0 Å². The van der Waals surface area contributed by atoms with Gasteiger partial charge in [-0.15, -0.1) is 71.3 Å². The van der Waals surface area contributed by atoms with E-state index in [9.17, 15) is 0 Å². The summed E-state index contributed by atoms with van der Waals surface area (Å²) in [5.41, 5.74) is 17.6. The number of benzene rings is 6. The number of nitrogens with zero attached hydrogens (tertiary/aromatic N) is 2. The van der Waals surface area contributed by atoms with Crippen LogP contribution in [0, 0.1) is 24.5 Å². The van der Waals surface area contributed by atoms with Crippen molar-refractivity contribution in [2.75, 3.05) is 0 Å². The Morgan fingerprint density at radius 2 is 1.14 bits per heavy atom. The van der Waals surface area contributed by atoms with E-state index >= 15 is 0 Å². The maximum absolute atomic E-state index is 6.64. The minimum absolute atomic E-state index is 0. The summed E-state index contributed by atoms with van der Waals surface area (Å²) in [5.74, 6) is 0.965. The van der Waals surface area contributed by atoms with Crippen molar-refractivity contribution in [1.82, 2.24) is 9.97 Å². The van der Waals surface area contributed by atoms with Crippen molar-refractivity contribution in [1.29, 1.82) is 0 Å². The van der Waals surface area contributed by atoms with Crippen molar-refractivity contribution in [3.05, 3.63) is 204 Å². The van der Waals surface area contributed by atoms with Crippen LogP contribution in [0.3, 0.4) is 0 Å². The summed E-state index contributed by atoms with van der Waals surface area (Å²) in [5, 5.41) is 0. The Kier molecular flexibility index (Phi) is 9.57. The van der Waals surface area contributed by atoms with Crippen LogP contribution in [0.5, 0.6) is 11.8 Å². The molecule has 2 aliphatic carbocycles. The summed E-state index contributed by atoms with van der Waals surface area (Å²) < 4.78 is 6.64. The van der Waals surface area contributed by atoms with Crippen LogP contribution in [0.2, 0.25) is 0 Å². The molecule has 56 heavy (non-hydrogen) atoms. The zero-order valence-corrected chi connectivity index (χ0v) is 33.3. The van der Waals surface area contributed by atoms with Crippen LogP contribution in [-0.2, 0) is 46.7 Å². The van der Waals surface area contributed by atoms with Crippen molar-refractivity contribution in [3.8, 4) is 67.7 Å². The van der Waals surface area contributed by atoms with E-state index in [4.69, 9.17) is 14.7 Å². The number of fused-ring (bicyclic) bond motifs is 2. The number of pyridine rings is 2. The fourth-order valence-electron chi connectivity index (χ4n) is 8.75. The first-order chi connectivity index (χ1) is 27.1. The van der Waals surface area contributed by atoms with Crippen LogP contribution in [0.4, 0.5) is 0 Å². The Bertz CT molecular complexity index is 2680. The van der Waals surface area contributed by atoms with Gasteiger partial charge in [-0.2, -0.15) is 0 Å². The van der Waals surface area contributed by atoms with Gasteiger partial charge in [0.2, 0.25) is 11.8 Å². The minimum atomic E-state index is 0. The first kappa shape index (κ1) is 35.8. The van der Waals surface area contributed by atoms with Gasteiger partial charge in [-0.25, -0.2) is 0 Å². The molecule has 0 aliphatic heterocycles. The third kappa shape index (κ3) is 6.93. The summed E-state index contributed by atoms with van der Waals surface area (Å²) in [4.78, 5) is 10.1. The van der Waals surface area contributed by atoms with E-state index in [1.807, 2.05) is 60.7 Å². The summed E-state index contributed by atoms with van der Waals surface area (Å²) in [6, 6.07) is 64.1. The first-order valence-electron chi connectivity index (χ1n) is 19.1. The fourth-order valence-corrected chi connectivity index (χ4v) is 8.75. The van der Waals surface area contributed by atoms with Crippen LogP contribution in [0.15, 0.2) is 164 Å². The molecule has 6 aromatic carbocycles. The molecule has 0 atom stereocenters. The molecular weight excluding hydrogens is 864 g/mol. The third-order valence-electron chi connectivity index (χ3n) is 11.4. The monoisotopic (exact) mass is 901 g/mol. The van der Waals surface area contributed by atoms with E-state index in [0.717, 1.165) is 57.6 Å². The molecule has 2 heterocycles. The molecule has 0 unspecified atom stereocenters. The number of aromatic nitrogens is 2. The molecular formula is C52H38N2OPt. The smallest absolute Gasteiger partial charge is 0.422 e. The van der Waals surface area contributed by atoms with Crippen molar-refractivity contribution in [2.45, 2.75) is 32.6 Å². The molecule has 0 amide bonds. The quantitative estimate of drug-likeness (QED) is 0.150. The van der Waals surface area contributed by atoms with Crippen molar-refractivity contribution < 1.29 is 25.8 Å². The summed E-state index contributed by atoms with van der Waals surface area (Å²) in [6.45, 7) is 2.14. The normalized spacial score (nSPS) is 13.5. The molecule has 0 radical (unpaired) electrons. The fraction of sp³-hybridized carbons (Fsp3) is 0.115. The first-order valence-corrected chi connectivity index (χ1v) is 19.1. The van der Waals surface area contributed by atoms with Gasteiger partial charge in [0.25, 0.3) is 0 Å². The van der Waals surface area contributed by atoms with Crippen molar-refractivity contribution in [2.24, 2.45) is 5.41 Å². The summed E-state index contributed by atoms with van der Waals surface area (Å²) in [6.07, 6.45) is 4.64. The Balaban J connectivity index is 0.00000410. The molecule has 0 saturated heterocycles. The molecule has 0 fully saturated rings. The van der Waals surface area contributed by atoms with Gasteiger partial charge in [0.05, 0.1) is 0 Å². The maximum Gasteiger partial charge on any atom is 2.00 e. The summed E-state index contributed by atoms with van der Waals surface area (Å²) in [7, 11) is 0. The molecule has 272 valence electrons. The van der Waals surface area contributed by atoms with E-state index in [2.05, 4.69) is 122 Å². The van der Waals surface area contributed by atoms with E-state index in [1.165, 1.54) is 51.8 Å².